The molecule has 0 unspecified atom stereocenters. The van der Waals surface area contributed by atoms with Gasteiger partial charge in [-0.3, -0.25) is 14.6 Å². The molecule has 2 aromatic rings. The van der Waals surface area contributed by atoms with Gasteiger partial charge in [-0.2, -0.15) is 0 Å². The van der Waals surface area contributed by atoms with Gasteiger partial charge in [-0.15, -0.1) is 0 Å². The fourth-order valence-electron chi connectivity index (χ4n) is 5.30. The van der Waals surface area contributed by atoms with Crippen LogP contribution in [0.3, 0.4) is 0 Å². The molecular weight excluding hydrogens is 431 g/mol. The smallest absolute Gasteiger partial charge is 0.236 e. The van der Waals surface area contributed by atoms with Crippen LogP contribution in [0.1, 0.15) is 19.3 Å². The molecule has 0 radical (unpaired) electrons. The number of hydrogen-bond acceptors (Lipinski definition) is 5. The minimum Gasteiger partial charge on any atom is -0.496 e. The Hall–Kier alpha value is -2.64. The van der Waals surface area contributed by atoms with Crippen LogP contribution in [0.2, 0.25) is 0 Å². The molecule has 6 nitrogen and oxygen atoms in total. The van der Waals surface area contributed by atoms with E-state index >= 15 is 0 Å². The number of rotatable bonds is 6. The van der Waals surface area contributed by atoms with Gasteiger partial charge in [-0.05, 0) is 48.7 Å². The van der Waals surface area contributed by atoms with Crippen molar-refractivity contribution in [3.8, 4) is 16.9 Å². The van der Waals surface area contributed by atoms with E-state index in [1.54, 1.807) is 13.2 Å². The molecule has 1 aliphatic carbocycles. The Morgan fingerprint density at radius 3 is 2.26 bits per heavy atom. The Kier molecular flexibility index (Phi) is 7.02. The van der Waals surface area contributed by atoms with Gasteiger partial charge in [0.2, 0.25) is 5.91 Å². The lowest BCUT2D eigenvalue weighted by Gasteiger charge is -2.43. The van der Waals surface area contributed by atoms with Crippen LogP contribution in [0, 0.1) is 5.82 Å². The van der Waals surface area contributed by atoms with E-state index in [1.807, 2.05) is 12.1 Å². The third-order valence-electron chi connectivity index (χ3n) is 7.69. The molecule has 0 atom stereocenters. The number of benzene rings is 2. The Morgan fingerprint density at radius 1 is 0.941 bits per heavy atom. The predicted molar refractivity (Wildman–Crippen MR) is 133 cm³/mol. The average molecular weight is 467 g/mol. The highest BCUT2D eigenvalue weighted by molar-refractivity contribution is 5.78. The first-order chi connectivity index (χ1) is 16.6. The first kappa shape index (κ1) is 23.1. The molecule has 3 fully saturated rings. The summed E-state index contributed by atoms with van der Waals surface area (Å²) in [4.78, 5) is 22.1. The number of hydrogen-bond donors (Lipinski definition) is 0. The topological polar surface area (TPSA) is 39.3 Å². The van der Waals surface area contributed by atoms with Crippen molar-refractivity contribution >= 4 is 11.6 Å². The summed E-state index contributed by atoms with van der Waals surface area (Å²) in [7, 11) is 1.60. The highest BCUT2D eigenvalue weighted by Crippen LogP contribution is 2.32. The van der Waals surface area contributed by atoms with Crippen LogP contribution in [0.25, 0.3) is 11.1 Å². The van der Waals surface area contributed by atoms with Crippen molar-refractivity contribution in [2.45, 2.75) is 25.3 Å². The second kappa shape index (κ2) is 10.3. The molecule has 7 heteroatoms. The van der Waals surface area contributed by atoms with Gasteiger partial charge in [-0.1, -0.05) is 18.6 Å². The van der Waals surface area contributed by atoms with Crippen molar-refractivity contribution in [1.29, 1.82) is 0 Å². The molecule has 0 spiro atoms. The van der Waals surface area contributed by atoms with Gasteiger partial charge in [0.1, 0.15) is 11.6 Å². The lowest BCUT2D eigenvalue weighted by atomic mass is 9.91. The molecule has 2 aliphatic heterocycles. The second-order valence-electron chi connectivity index (χ2n) is 9.66. The van der Waals surface area contributed by atoms with E-state index in [0.29, 0.717) is 12.3 Å². The minimum absolute atomic E-state index is 0.272. The maximum Gasteiger partial charge on any atom is 0.236 e. The number of nitrogens with zero attached hydrogens (tertiary/aromatic N) is 4. The molecule has 5 rings (SSSR count). The first-order valence-corrected chi connectivity index (χ1v) is 12.5. The van der Waals surface area contributed by atoms with Crippen LogP contribution < -0.4 is 9.64 Å². The third-order valence-corrected chi connectivity index (χ3v) is 7.69. The highest BCUT2D eigenvalue weighted by atomic mass is 19.1. The number of methoxy groups -OCH3 is 1. The molecule has 1 saturated carbocycles. The van der Waals surface area contributed by atoms with E-state index in [1.165, 1.54) is 31.4 Å². The zero-order valence-corrected chi connectivity index (χ0v) is 20.1. The standard InChI is InChI=1S/C27H35FN4O2/c1-34-26-10-7-22(28)19-25(26)21-5-8-24(9-6-21)30-13-11-29(12-14-30)20-27(33)32-17-15-31(16-18-32)23-3-2-4-23/h5-10,19,23H,2-4,11-18,20H2,1H3. The first-order valence-electron chi connectivity index (χ1n) is 12.5. The zero-order valence-electron chi connectivity index (χ0n) is 20.1. The summed E-state index contributed by atoms with van der Waals surface area (Å²) in [6.07, 6.45) is 4.03. The summed E-state index contributed by atoms with van der Waals surface area (Å²) in [5.74, 6) is 0.665. The summed E-state index contributed by atoms with van der Waals surface area (Å²) in [6, 6.07) is 13.6. The van der Waals surface area contributed by atoms with E-state index in [9.17, 15) is 9.18 Å². The highest BCUT2D eigenvalue weighted by Gasteiger charge is 2.30. The summed E-state index contributed by atoms with van der Waals surface area (Å²) >= 11 is 0. The maximum atomic E-state index is 13.8. The van der Waals surface area contributed by atoms with E-state index in [4.69, 9.17) is 4.74 Å². The second-order valence-corrected chi connectivity index (χ2v) is 9.66. The van der Waals surface area contributed by atoms with Crippen molar-refractivity contribution < 1.29 is 13.9 Å². The minimum atomic E-state index is -0.272. The average Bonchev–Trinajstić information content (AvgIpc) is 2.84. The van der Waals surface area contributed by atoms with Crippen molar-refractivity contribution in [3.05, 3.63) is 48.3 Å². The van der Waals surface area contributed by atoms with Crippen LogP contribution in [0.15, 0.2) is 42.5 Å². The molecular formula is C27H35FN4O2. The fraction of sp³-hybridized carbons (Fsp3) is 0.519. The lowest BCUT2D eigenvalue weighted by Crippen LogP contribution is -2.56. The Labute approximate surface area is 201 Å². The lowest BCUT2D eigenvalue weighted by molar-refractivity contribution is -0.134. The molecule has 2 aromatic carbocycles. The Balaban J connectivity index is 1.11. The normalized spacial score (nSPS) is 20.3. The van der Waals surface area contributed by atoms with Gasteiger partial charge < -0.3 is 14.5 Å². The van der Waals surface area contributed by atoms with Gasteiger partial charge >= 0.3 is 0 Å². The quantitative estimate of drug-likeness (QED) is 0.653. The van der Waals surface area contributed by atoms with Crippen molar-refractivity contribution in [2.75, 3.05) is 70.9 Å². The summed E-state index contributed by atoms with van der Waals surface area (Å²) in [5, 5.41) is 0. The van der Waals surface area contributed by atoms with Gasteiger partial charge in [0.25, 0.3) is 0 Å². The number of halogens is 1. The molecule has 0 aromatic heterocycles. The number of amides is 1. The van der Waals surface area contributed by atoms with E-state index in [0.717, 1.165) is 75.2 Å². The zero-order chi connectivity index (χ0) is 23.5. The van der Waals surface area contributed by atoms with E-state index < -0.39 is 0 Å². The van der Waals surface area contributed by atoms with Crippen molar-refractivity contribution in [1.82, 2.24) is 14.7 Å². The van der Waals surface area contributed by atoms with Gasteiger partial charge in [0.05, 0.1) is 13.7 Å². The van der Waals surface area contributed by atoms with Crippen LogP contribution in [0.5, 0.6) is 5.75 Å². The monoisotopic (exact) mass is 466 g/mol. The van der Waals surface area contributed by atoms with Gasteiger partial charge in [0.15, 0.2) is 0 Å². The van der Waals surface area contributed by atoms with Crippen LogP contribution in [-0.4, -0.2) is 92.7 Å². The number of carbonyl (C=O) groups excluding carboxylic acids is 1. The molecule has 34 heavy (non-hydrogen) atoms. The molecule has 0 N–H and O–H groups in total. The number of anilines is 1. The summed E-state index contributed by atoms with van der Waals surface area (Å²) < 4.78 is 19.1. The maximum absolute atomic E-state index is 13.8. The van der Waals surface area contributed by atoms with Crippen molar-refractivity contribution in [2.24, 2.45) is 0 Å². The van der Waals surface area contributed by atoms with E-state index in [2.05, 4.69) is 31.7 Å². The van der Waals surface area contributed by atoms with Crippen molar-refractivity contribution in [3.63, 3.8) is 0 Å². The van der Waals surface area contributed by atoms with Crippen LogP contribution in [0.4, 0.5) is 10.1 Å². The number of ether oxygens (including phenoxy) is 1. The molecule has 2 saturated heterocycles. The van der Waals surface area contributed by atoms with Crippen LogP contribution in [-0.2, 0) is 4.79 Å². The third kappa shape index (κ3) is 5.05. The van der Waals surface area contributed by atoms with Gasteiger partial charge in [-0.25, -0.2) is 4.39 Å². The molecule has 1 amide bonds. The molecule has 0 bridgehead atoms. The van der Waals surface area contributed by atoms with Gasteiger partial charge in [0, 0.05) is 69.7 Å². The molecule has 182 valence electrons. The number of piperazine rings is 2. The largest absolute Gasteiger partial charge is 0.496 e. The van der Waals surface area contributed by atoms with E-state index in [-0.39, 0.29) is 11.7 Å². The summed E-state index contributed by atoms with van der Waals surface area (Å²) in [6.45, 7) is 7.88. The molecule has 2 heterocycles. The fourth-order valence-corrected chi connectivity index (χ4v) is 5.30. The SMILES string of the molecule is COc1ccc(F)cc1-c1ccc(N2CCN(CC(=O)N3CCN(C4CCC4)CC3)CC2)cc1. The molecule has 3 aliphatic rings. The Morgan fingerprint density at radius 2 is 1.65 bits per heavy atom. The summed E-state index contributed by atoms with van der Waals surface area (Å²) in [5.41, 5.74) is 2.84. The number of carbonyl (C=O) groups is 1. The predicted octanol–water partition coefficient (Wildman–Crippen LogP) is 3.32. The van der Waals surface area contributed by atoms with Crippen LogP contribution >= 0.6 is 0 Å². The Bertz CT molecular complexity index is 979.